The van der Waals surface area contributed by atoms with Crippen molar-refractivity contribution in [1.82, 2.24) is 14.3 Å². The third-order valence-electron chi connectivity index (χ3n) is 4.97. The topological polar surface area (TPSA) is 69.3 Å². The van der Waals surface area contributed by atoms with Crippen molar-refractivity contribution in [2.75, 3.05) is 31.1 Å². The molecule has 4 rings (SSSR count). The highest BCUT2D eigenvalue weighted by molar-refractivity contribution is 7.89. The SMILES string of the molecule is Cc1ccc(C)c(N2CCN(S(=O)(=O)c3c[nH]c4ncccc34)CC2)c1. The number of rotatable bonds is 3. The summed E-state index contributed by atoms with van der Waals surface area (Å²) in [5.41, 5.74) is 4.22. The molecule has 6 nitrogen and oxygen atoms in total. The fourth-order valence-corrected chi connectivity index (χ4v) is 5.09. The first-order valence-electron chi connectivity index (χ1n) is 8.71. The second kappa shape index (κ2) is 6.41. The Morgan fingerprint density at radius 3 is 2.62 bits per heavy atom. The molecule has 1 fully saturated rings. The van der Waals surface area contributed by atoms with Gasteiger partial charge in [-0.25, -0.2) is 13.4 Å². The van der Waals surface area contributed by atoms with E-state index in [1.165, 1.54) is 16.8 Å². The molecule has 136 valence electrons. The van der Waals surface area contributed by atoms with Gasteiger partial charge in [0.1, 0.15) is 10.5 Å². The minimum Gasteiger partial charge on any atom is -0.369 e. The van der Waals surface area contributed by atoms with Gasteiger partial charge in [0.15, 0.2) is 0 Å². The molecule has 1 aliphatic heterocycles. The first kappa shape index (κ1) is 17.1. The smallest absolute Gasteiger partial charge is 0.245 e. The number of fused-ring (bicyclic) bond motifs is 1. The average Bonchev–Trinajstić information content (AvgIpc) is 3.09. The molecule has 1 N–H and O–H groups in total. The monoisotopic (exact) mass is 370 g/mol. The van der Waals surface area contributed by atoms with Crippen LogP contribution in [0.15, 0.2) is 47.6 Å². The van der Waals surface area contributed by atoms with Gasteiger partial charge in [0.05, 0.1) is 0 Å². The maximum absolute atomic E-state index is 13.1. The van der Waals surface area contributed by atoms with E-state index in [0.29, 0.717) is 42.1 Å². The molecule has 0 atom stereocenters. The van der Waals surface area contributed by atoms with E-state index in [0.717, 1.165) is 0 Å². The molecule has 0 amide bonds. The number of nitrogens with one attached hydrogen (secondary N) is 1. The Hall–Kier alpha value is -2.38. The highest BCUT2D eigenvalue weighted by Crippen LogP contribution is 2.27. The first-order valence-corrected chi connectivity index (χ1v) is 10.2. The summed E-state index contributed by atoms with van der Waals surface area (Å²) >= 11 is 0. The Labute approximate surface area is 153 Å². The molecule has 3 heterocycles. The van der Waals surface area contributed by atoms with Crippen molar-refractivity contribution in [3.63, 3.8) is 0 Å². The van der Waals surface area contributed by atoms with Crippen LogP contribution in [0, 0.1) is 13.8 Å². The molecule has 0 aliphatic carbocycles. The molecule has 1 saturated heterocycles. The number of aromatic nitrogens is 2. The van der Waals surface area contributed by atoms with Gasteiger partial charge in [0.25, 0.3) is 0 Å². The van der Waals surface area contributed by atoms with E-state index in [2.05, 4.69) is 46.9 Å². The van der Waals surface area contributed by atoms with Crippen LogP contribution in [0.3, 0.4) is 0 Å². The third-order valence-corrected chi connectivity index (χ3v) is 6.91. The van der Waals surface area contributed by atoms with Gasteiger partial charge in [-0.15, -0.1) is 0 Å². The zero-order valence-corrected chi connectivity index (χ0v) is 15.8. The maximum Gasteiger partial charge on any atom is 0.245 e. The number of aryl methyl sites for hydroxylation is 2. The van der Waals surface area contributed by atoms with Crippen LogP contribution in [-0.2, 0) is 10.0 Å². The quantitative estimate of drug-likeness (QED) is 0.770. The zero-order chi connectivity index (χ0) is 18.3. The summed E-state index contributed by atoms with van der Waals surface area (Å²) < 4.78 is 27.7. The predicted molar refractivity (Wildman–Crippen MR) is 103 cm³/mol. The van der Waals surface area contributed by atoms with Crippen LogP contribution < -0.4 is 4.90 Å². The Bertz CT molecular complexity index is 1050. The predicted octanol–water partition coefficient (Wildman–Crippen LogP) is 2.69. The van der Waals surface area contributed by atoms with E-state index < -0.39 is 10.0 Å². The fourth-order valence-electron chi connectivity index (χ4n) is 3.51. The number of benzene rings is 1. The molecule has 0 bridgehead atoms. The maximum atomic E-state index is 13.1. The van der Waals surface area contributed by atoms with E-state index in [4.69, 9.17) is 0 Å². The number of sulfonamides is 1. The molecule has 0 saturated carbocycles. The number of pyridine rings is 1. The minimum atomic E-state index is -3.53. The standard InChI is InChI=1S/C19H22N4O2S/c1-14-5-6-15(2)17(12-14)22-8-10-23(11-9-22)26(24,25)18-13-21-19-16(18)4-3-7-20-19/h3-7,12-13H,8-11H2,1-2H3,(H,20,21). The van der Waals surface area contributed by atoms with E-state index in [-0.39, 0.29) is 0 Å². The molecule has 0 radical (unpaired) electrons. The lowest BCUT2D eigenvalue weighted by Crippen LogP contribution is -2.48. The van der Waals surface area contributed by atoms with Gasteiger partial charge in [-0.05, 0) is 43.2 Å². The number of anilines is 1. The molecule has 1 aromatic carbocycles. The highest BCUT2D eigenvalue weighted by atomic mass is 32.2. The second-order valence-corrected chi connectivity index (χ2v) is 8.64. The third kappa shape index (κ3) is 2.87. The zero-order valence-electron chi connectivity index (χ0n) is 14.9. The van der Waals surface area contributed by atoms with E-state index in [9.17, 15) is 8.42 Å². The van der Waals surface area contributed by atoms with Crippen molar-refractivity contribution in [2.45, 2.75) is 18.7 Å². The summed E-state index contributed by atoms with van der Waals surface area (Å²) in [7, 11) is -3.53. The summed E-state index contributed by atoms with van der Waals surface area (Å²) in [5, 5.41) is 0.643. The lowest BCUT2D eigenvalue weighted by atomic mass is 10.1. The van der Waals surface area contributed by atoms with Crippen molar-refractivity contribution in [3.8, 4) is 0 Å². The minimum absolute atomic E-state index is 0.306. The van der Waals surface area contributed by atoms with Crippen molar-refractivity contribution in [1.29, 1.82) is 0 Å². The normalized spacial score (nSPS) is 16.3. The lowest BCUT2D eigenvalue weighted by Gasteiger charge is -2.36. The van der Waals surface area contributed by atoms with Crippen LogP contribution in [0.4, 0.5) is 5.69 Å². The van der Waals surface area contributed by atoms with Crippen molar-refractivity contribution >= 4 is 26.7 Å². The summed E-state index contributed by atoms with van der Waals surface area (Å²) in [4.78, 5) is 9.71. The van der Waals surface area contributed by atoms with Gasteiger partial charge in [-0.3, -0.25) is 0 Å². The van der Waals surface area contributed by atoms with Crippen LogP contribution in [0.2, 0.25) is 0 Å². The summed E-state index contributed by atoms with van der Waals surface area (Å²) in [5.74, 6) is 0. The van der Waals surface area contributed by atoms with Gasteiger partial charge in [0, 0.05) is 49.6 Å². The number of hydrogen-bond donors (Lipinski definition) is 1. The van der Waals surface area contributed by atoms with Gasteiger partial charge < -0.3 is 9.88 Å². The summed E-state index contributed by atoms with van der Waals surface area (Å²) in [6, 6.07) is 9.94. The molecule has 0 unspecified atom stereocenters. The Morgan fingerprint density at radius 2 is 1.85 bits per heavy atom. The van der Waals surface area contributed by atoms with Crippen LogP contribution >= 0.6 is 0 Å². The van der Waals surface area contributed by atoms with Crippen LogP contribution in [-0.4, -0.2) is 48.9 Å². The number of H-pyrrole nitrogens is 1. The van der Waals surface area contributed by atoms with Crippen LogP contribution in [0.25, 0.3) is 11.0 Å². The number of hydrogen-bond acceptors (Lipinski definition) is 4. The van der Waals surface area contributed by atoms with E-state index in [1.54, 1.807) is 28.8 Å². The molecular formula is C19H22N4O2S. The Morgan fingerprint density at radius 1 is 1.08 bits per heavy atom. The fraction of sp³-hybridized carbons (Fsp3) is 0.316. The van der Waals surface area contributed by atoms with Crippen molar-refractivity contribution in [2.24, 2.45) is 0 Å². The van der Waals surface area contributed by atoms with Crippen molar-refractivity contribution in [3.05, 3.63) is 53.9 Å². The number of nitrogens with zero attached hydrogens (tertiary/aromatic N) is 3. The van der Waals surface area contributed by atoms with Gasteiger partial charge >= 0.3 is 0 Å². The van der Waals surface area contributed by atoms with Gasteiger partial charge in [-0.1, -0.05) is 12.1 Å². The lowest BCUT2D eigenvalue weighted by molar-refractivity contribution is 0.385. The number of piperazine rings is 1. The molecule has 7 heteroatoms. The van der Waals surface area contributed by atoms with E-state index >= 15 is 0 Å². The van der Waals surface area contributed by atoms with E-state index in [1.807, 2.05) is 0 Å². The second-order valence-electron chi connectivity index (χ2n) is 6.73. The van der Waals surface area contributed by atoms with Crippen LogP contribution in [0.1, 0.15) is 11.1 Å². The Balaban J connectivity index is 1.57. The van der Waals surface area contributed by atoms with Gasteiger partial charge in [-0.2, -0.15) is 4.31 Å². The number of aromatic amines is 1. The van der Waals surface area contributed by atoms with Crippen molar-refractivity contribution < 1.29 is 8.42 Å². The van der Waals surface area contributed by atoms with Gasteiger partial charge in [0.2, 0.25) is 10.0 Å². The molecular weight excluding hydrogens is 348 g/mol. The first-order chi connectivity index (χ1) is 12.5. The molecule has 2 aromatic heterocycles. The average molecular weight is 370 g/mol. The Kier molecular flexibility index (Phi) is 4.20. The molecule has 0 spiro atoms. The largest absolute Gasteiger partial charge is 0.369 e. The van der Waals surface area contributed by atoms with Crippen LogP contribution in [0.5, 0.6) is 0 Å². The molecule has 26 heavy (non-hydrogen) atoms. The summed E-state index contributed by atoms with van der Waals surface area (Å²) in [6.45, 7) is 6.49. The highest BCUT2D eigenvalue weighted by Gasteiger charge is 2.31. The molecule has 1 aliphatic rings. The summed E-state index contributed by atoms with van der Waals surface area (Å²) in [6.07, 6.45) is 3.20. The molecule has 3 aromatic rings.